The van der Waals surface area contributed by atoms with Crippen LogP contribution in [0.2, 0.25) is 0 Å². The van der Waals surface area contributed by atoms with Gasteiger partial charge in [-0.05, 0) is 36.4 Å². The van der Waals surface area contributed by atoms with E-state index in [2.05, 4.69) is 20.7 Å². The fourth-order valence-corrected chi connectivity index (χ4v) is 4.33. The lowest BCUT2D eigenvalue weighted by Gasteiger charge is -2.18. The van der Waals surface area contributed by atoms with E-state index in [1.54, 1.807) is 18.2 Å². The van der Waals surface area contributed by atoms with E-state index in [1.165, 1.54) is 52.7 Å². The van der Waals surface area contributed by atoms with E-state index in [4.69, 9.17) is 18.9 Å². The minimum atomic E-state index is -1.18. The first-order valence-corrected chi connectivity index (χ1v) is 13.0. The van der Waals surface area contributed by atoms with E-state index in [0.29, 0.717) is 11.5 Å². The van der Waals surface area contributed by atoms with Crippen molar-refractivity contribution in [2.75, 3.05) is 58.1 Å². The van der Waals surface area contributed by atoms with Gasteiger partial charge in [0.05, 0.1) is 51.8 Å². The van der Waals surface area contributed by atoms with Gasteiger partial charge in [0.25, 0.3) is 11.8 Å². The van der Waals surface area contributed by atoms with Crippen molar-refractivity contribution >= 4 is 40.8 Å². The van der Waals surface area contributed by atoms with E-state index in [9.17, 15) is 19.2 Å². The SMILES string of the molecule is COC(=O)C[C@@H]1NC(=O)c2cc(Oc3cccc(N(C)C)c3)c(NC(=O)c3cc(OC)c(OC)c(OC)c3)cc2NC1=O. The molecule has 43 heavy (non-hydrogen) atoms. The molecule has 0 radical (unpaired) electrons. The van der Waals surface area contributed by atoms with E-state index < -0.39 is 29.7 Å². The summed E-state index contributed by atoms with van der Waals surface area (Å²) in [6.07, 6.45) is -0.368. The van der Waals surface area contributed by atoms with Crippen LogP contribution in [0.4, 0.5) is 17.1 Å². The Kier molecular flexibility index (Phi) is 9.23. The van der Waals surface area contributed by atoms with Gasteiger partial charge < -0.3 is 44.5 Å². The number of carbonyl (C=O) groups excluding carboxylic acids is 4. The van der Waals surface area contributed by atoms with E-state index >= 15 is 0 Å². The van der Waals surface area contributed by atoms with Crippen LogP contribution in [0.5, 0.6) is 28.7 Å². The summed E-state index contributed by atoms with van der Waals surface area (Å²) in [4.78, 5) is 53.4. The number of hydrogen-bond acceptors (Lipinski definition) is 10. The standard InChI is InChI=1S/C30H32N4O9/c1-34(2)17-8-7-9-18(12-17)43-23-13-19-20(31-30(38)22(33-29(19)37)15-26(35)41-5)14-21(23)32-28(36)16-10-24(39-3)27(42-6)25(11-16)40-4/h7-14,22H,15H2,1-6H3,(H,31,38)(H,32,36)(H,33,37)/t22-/m0/s1. The lowest BCUT2D eigenvalue weighted by Crippen LogP contribution is -2.42. The van der Waals surface area contributed by atoms with Crippen molar-refractivity contribution in [2.45, 2.75) is 12.5 Å². The van der Waals surface area contributed by atoms with Crippen LogP contribution in [0.1, 0.15) is 27.1 Å². The van der Waals surface area contributed by atoms with Crippen LogP contribution in [-0.4, -0.2) is 72.3 Å². The van der Waals surface area contributed by atoms with Crippen molar-refractivity contribution in [1.82, 2.24) is 5.32 Å². The minimum absolute atomic E-state index is 0.0604. The lowest BCUT2D eigenvalue weighted by molar-refractivity contribution is -0.142. The van der Waals surface area contributed by atoms with Crippen LogP contribution in [0.3, 0.4) is 0 Å². The van der Waals surface area contributed by atoms with Crippen molar-refractivity contribution in [3.63, 3.8) is 0 Å². The highest BCUT2D eigenvalue weighted by Gasteiger charge is 2.31. The second kappa shape index (κ2) is 13.0. The summed E-state index contributed by atoms with van der Waals surface area (Å²) in [6, 6.07) is 11.8. The predicted octanol–water partition coefficient (Wildman–Crippen LogP) is 3.44. The van der Waals surface area contributed by atoms with Gasteiger partial charge in [-0.1, -0.05) is 6.07 Å². The fraction of sp³-hybridized carbons (Fsp3) is 0.267. The largest absolute Gasteiger partial charge is 0.493 e. The first-order chi connectivity index (χ1) is 20.6. The molecule has 0 aliphatic carbocycles. The molecule has 1 aliphatic rings. The number of hydrogen-bond donors (Lipinski definition) is 3. The highest BCUT2D eigenvalue weighted by molar-refractivity contribution is 6.13. The molecule has 1 aliphatic heterocycles. The topological polar surface area (TPSA) is 154 Å². The highest BCUT2D eigenvalue weighted by Crippen LogP contribution is 2.40. The zero-order chi connectivity index (χ0) is 31.3. The summed E-state index contributed by atoms with van der Waals surface area (Å²) in [5.41, 5.74) is 1.33. The van der Waals surface area contributed by atoms with Gasteiger partial charge >= 0.3 is 5.97 Å². The average molecular weight is 593 g/mol. The number of rotatable bonds is 10. The zero-order valence-corrected chi connectivity index (χ0v) is 24.5. The van der Waals surface area contributed by atoms with Gasteiger partial charge in [-0.2, -0.15) is 0 Å². The van der Waals surface area contributed by atoms with Gasteiger partial charge in [-0.25, -0.2) is 0 Å². The molecule has 3 N–H and O–H groups in total. The van der Waals surface area contributed by atoms with Gasteiger partial charge in [-0.3, -0.25) is 19.2 Å². The number of methoxy groups -OCH3 is 4. The number of ether oxygens (including phenoxy) is 5. The van der Waals surface area contributed by atoms with Crippen LogP contribution in [-0.2, 0) is 14.3 Å². The molecule has 0 unspecified atom stereocenters. The molecule has 13 heteroatoms. The molecule has 0 bridgehead atoms. The Labute approximate surface area is 248 Å². The van der Waals surface area contributed by atoms with Gasteiger partial charge in [-0.15, -0.1) is 0 Å². The molecule has 0 aromatic heterocycles. The fourth-order valence-electron chi connectivity index (χ4n) is 4.33. The van der Waals surface area contributed by atoms with Crippen LogP contribution in [0.25, 0.3) is 0 Å². The van der Waals surface area contributed by atoms with Crippen LogP contribution in [0, 0.1) is 0 Å². The van der Waals surface area contributed by atoms with Crippen LogP contribution < -0.4 is 39.8 Å². The molecule has 226 valence electrons. The number of amides is 3. The maximum atomic E-state index is 13.5. The molecule has 0 fully saturated rings. The maximum absolute atomic E-state index is 13.5. The molecule has 4 rings (SSSR count). The first-order valence-electron chi connectivity index (χ1n) is 13.0. The van der Waals surface area contributed by atoms with Gasteiger partial charge in [0, 0.05) is 31.4 Å². The lowest BCUT2D eigenvalue weighted by atomic mass is 10.1. The monoisotopic (exact) mass is 592 g/mol. The van der Waals surface area contributed by atoms with Crippen molar-refractivity contribution < 1.29 is 42.9 Å². The summed E-state index contributed by atoms with van der Waals surface area (Å²) in [5.74, 6) is -1.11. The Morgan fingerprint density at radius 2 is 1.60 bits per heavy atom. The minimum Gasteiger partial charge on any atom is -0.493 e. The summed E-state index contributed by atoms with van der Waals surface area (Å²) >= 11 is 0. The third-order valence-corrected chi connectivity index (χ3v) is 6.58. The molecule has 13 nitrogen and oxygen atoms in total. The van der Waals surface area contributed by atoms with Gasteiger partial charge in [0.2, 0.25) is 11.7 Å². The van der Waals surface area contributed by atoms with Crippen molar-refractivity contribution in [2.24, 2.45) is 0 Å². The normalized spacial score (nSPS) is 13.9. The van der Waals surface area contributed by atoms with Crippen molar-refractivity contribution in [3.8, 4) is 28.7 Å². The second-order valence-electron chi connectivity index (χ2n) is 9.55. The van der Waals surface area contributed by atoms with Gasteiger partial charge in [0.1, 0.15) is 11.8 Å². The Morgan fingerprint density at radius 3 is 2.21 bits per heavy atom. The van der Waals surface area contributed by atoms with Gasteiger partial charge in [0.15, 0.2) is 17.2 Å². The Morgan fingerprint density at radius 1 is 0.907 bits per heavy atom. The number of nitrogens with one attached hydrogen (secondary N) is 3. The Hall–Kier alpha value is -5.46. The molecule has 1 heterocycles. The van der Waals surface area contributed by atoms with Crippen molar-refractivity contribution in [3.05, 3.63) is 59.7 Å². The van der Waals surface area contributed by atoms with Crippen LogP contribution >= 0.6 is 0 Å². The zero-order valence-electron chi connectivity index (χ0n) is 24.5. The molecule has 0 saturated heterocycles. The number of anilines is 3. The number of nitrogens with zero attached hydrogens (tertiary/aromatic N) is 1. The van der Waals surface area contributed by atoms with E-state index in [0.717, 1.165) is 5.69 Å². The van der Waals surface area contributed by atoms with Crippen LogP contribution in [0.15, 0.2) is 48.5 Å². The molecule has 0 saturated carbocycles. The maximum Gasteiger partial charge on any atom is 0.308 e. The summed E-state index contributed by atoms with van der Waals surface area (Å²) in [6.45, 7) is 0. The predicted molar refractivity (Wildman–Crippen MR) is 158 cm³/mol. The Balaban J connectivity index is 1.77. The van der Waals surface area contributed by atoms with E-state index in [1.807, 2.05) is 25.1 Å². The molecular weight excluding hydrogens is 560 g/mol. The molecule has 1 atom stereocenters. The first kappa shape index (κ1) is 30.5. The molecule has 3 amide bonds. The third-order valence-electron chi connectivity index (χ3n) is 6.58. The summed E-state index contributed by atoms with van der Waals surface area (Å²) in [5, 5.41) is 7.99. The molecule has 3 aromatic carbocycles. The summed E-state index contributed by atoms with van der Waals surface area (Å²) in [7, 11) is 9.25. The number of carbonyl (C=O) groups is 4. The average Bonchev–Trinajstić information content (AvgIpc) is 3.11. The quantitative estimate of drug-likeness (QED) is 0.298. The smallest absolute Gasteiger partial charge is 0.308 e. The number of fused-ring (bicyclic) bond motifs is 1. The summed E-state index contributed by atoms with van der Waals surface area (Å²) < 4.78 is 26.9. The highest BCUT2D eigenvalue weighted by atomic mass is 16.5. The number of benzene rings is 3. The van der Waals surface area contributed by atoms with Crippen molar-refractivity contribution in [1.29, 1.82) is 0 Å². The van der Waals surface area contributed by atoms with E-state index in [-0.39, 0.29) is 46.2 Å². The second-order valence-corrected chi connectivity index (χ2v) is 9.55. The Bertz CT molecular complexity index is 1550. The molecular formula is C30H32N4O9. The number of esters is 1. The molecule has 3 aromatic rings. The third kappa shape index (κ3) is 6.72. The molecule has 0 spiro atoms.